The van der Waals surface area contributed by atoms with Crippen LogP contribution in [-0.2, 0) is 11.2 Å². The van der Waals surface area contributed by atoms with E-state index in [1.807, 2.05) is 30.1 Å². The topological polar surface area (TPSA) is 20.3 Å². The van der Waals surface area contributed by atoms with Crippen LogP contribution in [-0.4, -0.2) is 23.9 Å². The predicted octanol–water partition coefficient (Wildman–Crippen LogP) is 1.85. The van der Waals surface area contributed by atoms with Crippen LogP contribution in [0.15, 0.2) is 30.3 Å². The van der Waals surface area contributed by atoms with E-state index in [0.717, 1.165) is 12.8 Å². The van der Waals surface area contributed by atoms with E-state index in [1.54, 1.807) is 0 Å². The lowest BCUT2D eigenvalue weighted by Gasteiger charge is -2.19. The van der Waals surface area contributed by atoms with E-state index < -0.39 is 0 Å². The van der Waals surface area contributed by atoms with E-state index in [-0.39, 0.29) is 5.91 Å². The van der Waals surface area contributed by atoms with Gasteiger partial charge in [-0.15, -0.1) is 0 Å². The maximum atomic E-state index is 11.3. The summed E-state index contributed by atoms with van der Waals surface area (Å²) in [4.78, 5) is 13.2. The van der Waals surface area contributed by atoms with Gasteiger partial charge in [0.15, 0.2) is 0 Å². The summed E-state index contributed by atoms with van der Waals surface area (Å²) in [5, 5.41) is 0. The highest BCUT2D eigenvalue weighted by Crippen LogP contribution is 2.20. The van der Waals surface area contributed by atoms with Crippen LogP contribution in [0.1, 0.15) is 18.4 Å². The number of carbonyl (C=O) groups excluding carboxylic acids is 1. The van der Waals surface area contributed by atoms with Crippen molar-refractivity contribution in [2.75, 3.05) is 7.05 Å². The molecule has 0 aromatic heterocycles. The summed E-state index contributed by atoms with van der Waals surface area (Å²) in [6.07, 6.45) is 2.71. The van der Waals surface area contributed by atoms with Crippen molar-refractivity contribution in [1.29, 1.82) is 0 Å². The molecule has 14 heavy (non-hydrogen) atoms. The van der Waals surface area contributed by atoms with Gasteiger partial charge in [0.25, 0.3) is 0 Å². The number of carbonyl (C=O) groups is 1. The first-order valence-electron chi connectivity index (χ1n) is 5.07. The molecule has 1 aromatic carbocycles. The average molecular weight is 189 g/mol. The lowest BCUT2D eigenvalue weighted by atomic mass is 10.0. The Kier molecular flexibility index (Phi) is 2.53. The zero-order chi connectivity index (χ0) is 9.97. The minimum absolute atomic E-state index is 0.283. The Morgan fingerprint density at radius 3 is 2.64 bits per heavy atom. The first-order chi connectivity index (χ1) is 6.77. The van der Waals surface area contributed by atoms with Crippen molar-refractivity contribution >= 4 is 5.91 Å². The second-order valence-corrected chi connectivity index (χ2v) is 3.89. The van der Waals surface area contributed by atoms with Crippen LogP contribution in [0.3, 0.4) is 0 Å². The second-order valence-electron chi connectivity index (χ2n) is 3.89. The van der Waals surface area contributed by atoms with E-state index in [1.165, 1.54) is 5.56 Å². The first kappa shape index (κ1) is 9.25. The van der Waals surface area contributed by atoms with Gasteiger partial charge in [0, 0.05) is 19.5 Å². The molecule has 0 unspecified atom stereocenters. The van der Waals surface area contributed by atoms with Crippen molar-refractivity contribution in [3.63, 3.8) is 0 Å². The number of hydrogen-bond acceptors (Lipinski definition) is 1. The smallest absolute Gasteiger partial charge is 0.222 e. The lowest BCUT2D eigenvalue weighted by molar-refractivity contribution is -0.127. The van der Waals surface area contributed by atoms with E-state index in [4.69, 9.17) is 0 Å². The lowest BCUT2D eigenvalue weighted by Crippen LogP contribution is -2.30. The molecule has 1 fully saturated rings. The molecule has 1 atom stereocenters. The number of likely N-dealkylation sites (N-methyl/N-ethyl adjacent to an activating group) is 1. The number of nitrogens with zero attached hydrogens (tertiary/aromatic N) is 1. The molecule has 0 saturated carbocycles. The minimum atomic E-state index is 0.283. The number of hydrogen-bond donors (Lipinski definition) is 0. The van der Waals surface area contributed by atoms with E-state index >= 15 is 0 Å². The van der Waals surface area contributed by atoms with Crippen LogP contribution in [0.5, 0.6) is 0 Å². The third-order valence-electron chi connectivity index (χ3n) is 2.95. The van der Waals surface area contributed by atoms with Gasteiger partial charge in [0.05, 0.1) is 0 Å². The molecule has 1 aliphatic heterocycles. The molecule has 1 amide bonds. The molecule has 0 N–H and O–H groups in total. The summed E-state index contributed by atoms with van der Waals surface area (Å²) in [7, 11) is 1.91. The Hall–Kier alpha value is -1.31. The van der Waals surface area contributed by atoms with Crippen LogP contribution in [0, 0.1) is 0 Å². The minimum Gasteiger partial charge on any atom is -0.342 e. The molecular formula is C12H15NO. The largest absolute Gasteiger partial charge is 0.342 e. The Balaban J connectivity index is 2.02. The number of rotatable bonds is 2. The van der Waals surface area contributed by atoms with Gasteiger partial charge in [-0.05, 0) is 18.4 Å². The highest BCUT2D eigenvalue weighted by atomic mass is 16.2. The highest BCUT2D eigenvalue weighted by molar-refractivity contribution is 5.78. The summed E-state index contributed by atoms with van der Waals surface area (Å²) in [6, 6.07) is 10.8. The van der Waals surface area contributed by atoms with Gasteiger partial charge < -0.3 is 4.90 Å². The molecule has 1 aliphatic rings. The Morgan fingerprint density at radius 1 is 1.36 bits per heavy atom. The molecule has 0 bridgehead atoms. The zero-order valence-corrected chi connectivity index (χ0v) is 8.44. The summed E-state index contributed by atoms with van der Waals surface area (Å²) in [5.41, 5.74) is 1.32. The van der Waals surface area contributed by atoms with Crippen LogP contribution < -0.4 is 0 Å². The Bertz CT molecular complexity index is 320. The van der Waals surface area contributed by atoms with Crippen molar-refractivity contribution in [3.8, 4) is 0 Å². The van der Waals surface area contributed by atoms with E-state index in [2.05, 4.69) is 12.1 Å². The standard InChI is InChI=1S/C12H15NO/c1-13-11(7-8-12(13)14)9-10-5-3-2-4-6-10/h2-6,11H,7-9H2,1H3/t11-/m1/s1. The highest BCUT2D eigenvalue weighted by Gasteiger charge is 2.27. The van der Waals surface area contributed by atoms with Gasteiger partial charge in [-0.2, -0.15) is 0 Å². The SMILES string of the molecule is CN1C(=O)CC[C@@H]1Cc1ccccc1. The second kappa shape index (κ2) is 3.82. The molecule has 2 nitrogen and oxygen atoms in total. The third-order valence-corrected chi connectivity index (χ3v) is 2.95. The van der Waals surface area contributed by atoms with Gasteiger partial charge in [-0.1, -0.05) is 30.3 Å². The molecule has 1 heterocycles. The Labute approximate surface area is 84.5 Å². The monoisotopic (exact) mass is 189 g/mol. The average Bonchev–Trinajstić information content (AvgIpc) is 2.52. The fourth-order valence-electron chi connectivity index (χ4n) is 1.99. The number of benzene rings is 1. The summed E-state index contributed by atoms with van der Waals surface area (Å²) in [6.45, 7) is 0. The van der Waals surface area contributed by atoms with Gasteiger partial charge in [0.1, 0.15) is 0 Å². The van der Waals surface area contributed by atoms with Crippen LogP contribution in [0.2, 0.25) is 0 Å². The van der Waals surface area contributed by atoms with Crippen LogP contribution >= 0.6 is 0 Å². The number of amides is 1. The summed E-state index contributed by atoms with van der Waals surface area (Å²) < 4.78 is 0. The molecule has 2 heteroatoms. The van der Waals surface area contributed by atoms with Crippen LogP contribution in [0.4, 0.5) is 0 Å². The van der Waals surface area contributed by atoms with E-state index in [9.17, 15) is 4.79 Å². The molecule has 0 radical (unpaired) electrons. The third kappa shape index (κ3) is 1.79. The fourth-order valence-corrected chi connectivity index (χ4v) is 1.99. The quantitative estimate of drug-likeness (QED) is 0.695. The predicted molar refractivity (Wildman–Crippen MR) is 55.9 cm³/mol. The van der Waals surface area contributed by atoms with Crippen molar-refractivity contribution in [2.45, 2.75) is 25.3 Å². The van der Waals surface area contributed by atoms with Crippen molar-refractivity contribution < 1.29 is 4.79 Å². The van der Waals surface area contributed by atoms with Gasteiger partial charge in [0.2, 0.25) is 5.91 Å². The summed E-state index contributed by atoms with van der Waals surface area (Å²) in [5.74, 6) is 0.283. The van der Waals surface area contributed by atoms with Crippen molar-refractivity contribution in [1.82, 2.24) is 4.90 Å². The maximum Gasteiger partial charge on any atom is 0.222 e. The fraction of sp³-hybridized carbons (Fsp3) is 0.417. The van der Waals surface area contributed by atoms with Gasteiger partial charge in [-0.3, -0.25) is 4.79 Å². The maximum absolute atomic E-state index is 11.3. The number of likely N-dealkylation sites (tertiary alicyclic amines) is 1. The molecule has 1 aromatic rings. The zero-order valence-electron chi connectivity index (χ0n) is 8.44. The molecule has 2 rings (SSSR count). The molecule has 0 aliphatic carbocycles. The summed E-state index contributed by atoms with van der Waals surface area (Å²) >= 11 is 0. The normalized spacial score (nSPS) is 21.6. The Morgan fingerprint density at radius 2 is 2.07 bits per heavy atom. The van der Waals surface area contributed by atoms with Crippen molar-refractivity contribution in [2.24, 2.45) is 0 Å². The first-order valence-corrected chi connectivity index (χ1v) is 5.07. The van der Waals surface area contributed by atoms with E-state index in [0.29, 0.717) is 12.5 Å². The van der Waals surface area contributed by atoms with Crippen LogP contribution in [0.25, 0.3) is 0 Å². The molecule has 1 saturated heterocycles. The van der Waals surface area contributed by atoms with Gasteiger partial charge in [-0.25, -0.2) is 0 Å². The molecular weight excluding hydrogens is 174 g/mol. The molecule has 74 valence electrons. The van der Waals surface area contributed by atoms with Gasteiger partial charge >= 0.3 is 0 Å². The van der Waals surface area contributed by atoms with Crippen molar-refractivity contribution in [3.05, 3.63) is 35.9 Å². The molecule has 0 spiro atoms.